The molecule has 2 aromatic heterocycles. The van der Waals surface area contributed by atoms with Crippen LogP contribution in [0, 0.1) is 0 Å². The van der Waals surface area contributed by atoms with Gasteiger partial charge in [-0.25, -0.2) is 4.98 Å². The first-order chi connectivity index (χ1) is 10.3. The molecule has 0 saturated carbocycles. The fraction of sp³-hybridized carbons (Fsp3) is 0.188. The van der Waals surface area contributed by atoms with Crippen LogP contribution in [0.25, 0.3) is 10.7 Å². The highest BCUT2D eigenvalue weighted by molar-refractivity contribution is 7.13. The summed E-state index contributed by atoms with van der Waals surface area (Å²) in [4.78, 5) is 5.62. The van der Waals surface area contributed by atoms with Gasteiger partial charge in [0.05, 0.1) is 18.5 Å². The highest BCUT2D eigenvalue weighted by Gasteiger charge is 2.10. The van der Waals surface area contributed by atoms with Crippen molar-refractivity contribution in [3.05, 3.63) is 59.2 Å². The van der Waals surface area contributed by atoms with Gasteiger partial charge in [-0.05, 0) is 29.1 Å². The van der Waals surface area contributed by atoms with Gasteiger partial charge in [0.25, 0.3) is 0 Å². The fourth-order valence-electron chi connectivity index (χ4n) is 2.33. The molecule has 0 amide bonds. The quantitative estimate of drug-likeness (QED) is 0.787. The third-order valence-electron chi connectivity index (χ3n) is 3.38. The molecular formula is C16H17N3OS. The standard InChI is InChI=1S/C16H17N3OS/c1-20-14-5-4-12(10-17)9-13(14)11-19-7-6-18-16(19)15-3-2-8-21-15/h2-9H,10-11,17H2,1H3. The average molecular weight is 299 g/mol. The van der Waals surface area contributed by atoms with Gasteiger partial charge in [0, 0.05) is 24.5 Å². The van der Waals surface area contributed by atoms with Gasteiger partial charge < -0.3 is 15.0 Å². The summed E-state index contributed by atoms with van der Waals surface area (Å²) in [5.41, 5.74) is 7.94. The molecule has 0 aliphatic heterocycles. The number of imidazole rings is 1. The van der Waals surface area contributed by atoms with Crippen LogP contribution in [0.3, 0.4) is 0 Å². The van der Waals surface area contributed by atoms with Crippen molar-refractivity contribution in [1.29, 1.82) is 0 Å². The fourth-order valence-corrected chi connectivity index (χ4v) is 3.07. The van der Waals surface area contributed by atoms with Crippen molar-refractivity contribution in [2.24, 2.45) is 5.73 Å². The summed E-state index contributed by atoms with van der Waals surface area (Å²) in [6, 6.07) is 10.2. The second kappa shape index (κ2) is 6.11. The third kappa shape index (κ3) is 2.84. The summed E-state index contributed by atoms with van der Waals surface area (Å²) in [6.45, 7) is 1.24. The lowest BCUT2D eigenvalue weighted by atomic mass is 10.1. The zero-order valence-corrected chi connectivity index (χ0v) is 12.6. The number of ether oxygens (including phenoxy) is 1. The summed E-state index contributed by atoms with van der Waals surface area (Å²) in [5, 5.41) is 2.06. The first kappa shape index (κ1) is 13.9. The Morgan fingerprint density at radius 2 is 2.24 bits per heavy atom. The van der Waals surface area contributed by atoms with E-state index in [1.165, 1.54) is 0 Å². The Hall–Kier alpha value is -2.11. The summed E-state index contributed by atoms with van der Waals surface area (Å²) in [6.07, 6.45) is 3.82. The van der Waals surface area contributed by atoms with Crippen molar-refractivity contribution in [1.82, 2.24) is 9.55 Å². The highest BCUT2D eigenvalue weighted by Crippen LogP contribution is 2.26. The molecule has 0 fully saturated rings. The molecule has 0 spiro atoms. The summed E-state index contributed by atoms with van der Waals surface area (Å²) in [7, 11) is 1.69. The number of nitrogens with two attached hydrogens (primary N) is 1. The molecule has 3 aromatic rings. The number of nitrogens with zero attached hydrogens (tertiary/aromatic N) is 2. The SMILES string of the molecule is COc1ccc(CN)cc1Cn1ccnc1-c1cccs1. The van der Waals surface area contributed by atoms with E-state index in [1.54, 1.807) is 18.4 Å². The van der Waals surface area contributed by atoms with Crippen LogP contribution in [0.5, 0.6) is 5.75 Å². The number of hydrogen-bond donors (Lipinski definition) is 1. The molecule has 21 heavy (non-hydrogen) atoms. The van der Waals surface area contributed by atoms with Crippen molar-refractivity contribution in [3.8, 4) is 16.5 Å². The second-order valence-electron chi connectivity index (χ2n) is 4.71. The Bertz CT molecular complexity index is 719. The molecule has 4 nitrogen and oxygen atoms in total. The molecule has 0 saturated heterocycles. The molecular weight excluding hydrogens is 282 g/mol. The van der Waals surface area contributed by atoms with Gasteiger partial charge in [-0.15, -0.1) is 11.3 Å². The van der Waals surface area contributed by atoms with E-state index in [0.717, 1.165) is 27.6 Å². The first-order valence-corrected chi connectivity index (χ1v) is 7.60. The minimum absolute atomic E-state index is 0.526. The minimum atomic E-state index is 0.526. The lowest BCUT2D eigenvalue weighted by Crippen LogP contribution is -2.04. The molecule has 0 bridgehead atoms. The Morgan fingerprint density at radius 1 is 1.33 bits per heavy atom. The van der Waals surface area contributed by atoms with Crippen LogP contribution in [0.4, 0.5) is 0 Å². The van der Waals surface area contributed by atoms with E-state index in [0.29, 0.717) is 13.1 Å². The van der Waals surface area contributed by atoms with Crippen molar-refractivity contribution in [3.63, 3.8) is 0 Å². The molecule has 0 radical (unpaired) electrons. The number of aromatic nitrogens is 2. The molecule has 3 rings (SSSR count). The largest absolute Gasteiger partial charge is 0.496 e. The number of methoxy groups -OCH3 is 1. The first-order valence-electron chi connectivity index (χ1n) is 6.72. The molecule has 1 aromatic carbocycles. The van der Waals surface area contributed by atoms with Crippen LogP contribution < -0.4 is 10.5 Å². The molecule has 5 heteroatoms. The predicted molar refractivity (Wildman–Crippen MR) is 85.5 cm³/mol. The lowest BCUT2D eigenvalue weighted by Gasteiger charge is -2.12. The molecule has 108 valence electrons. The van der Waals surface area contributed by atoms with Gasteiger partial charge in [-0.2, -0.15) is 0 Å². The molecule has 2 N–H and O–H groups in total. The minimum Gasteiger partial charge on any atom is -0.496 e. The number of hydrogen-bond acceptors (Lipinski definition) is 4. The Morgan fingerprint density at radius 3 is 2.95 bits per heavy atom. The van der Waals surface area contributed by atoms with E-state index in [4.69, 9.17) is 10.5 Å². The second-order valence-corrected chi connectivity index (χ2v) is 5.65. The molecule has 0 aliphatic rings. The van der Waals surface area contributed by atoms with Crippen LogP contribution >= 0.6 is 11.3 Å². The van der Waals surface area contributed by atoms with E-state index in [2.05, 4.69) is 27.1 Å². The number of thiophene rings is 1. The smallest absolute Gasteiger partial charge is 0.150 e. The maximum atomic E-state index is 5.73. The normalized spacial score (nSPS) is 10.8. The number of benzene rings is 1. The molecule has 0 unspecified atom stereocenters. The van der Waals surface area contributed by atoms with E-state index >= 15 is 0 Å². The van der Waals surface area contributed by atoms with Crippen LogP contribution in [-0.4, -0.2) is 16.7 Å². The monoisotopic (exact) mass is 299 g/mol. The topological polar surface area (TPSA) is 53.1 Å². The van der Waals surface area contributed by atoms with Crippen LogP contribution in [0.15, 0.2) is 48.1 Å². The Labute approximate surface area is 127 Å². The third-order valence-corrected chi connectivity index (χ3v) is 4.24. The molecule has 0 aliphatic carbocycles. The van der Waals surface area contributed by atoms with E-state index in [9.17, 15) is 0 Å². The van der Waals surface area contributed by atoms with Gasteiger partial charge in [-0.1, -0.05) is 12.1 Å². The lowest BCUT2D eigenvalue weighted by molar-refractivity contribution is 0.408. The van der Waals surface area contributed by atoms with Crippen LogP contribution in [-0.2, 0) is 13.1 Å². The van der Waals surface area contributed by atoms with Crippen molar-refractivity contribution in [2.75, 3.05) is 7.11 Å². The highest BCUT2D eigenvalue weighted by atomic mass is 32.1. The summed E-state index contributed by atoms with van der Waals surface area (Å²) in [5.74, 6) is 1.85. The Balaban J connectivity index is 1.96. The van der Waals surface area contributed by atoms with E-state index < -0.39 is 0 Å². The molecule has 0 atom stereocenters. The molecule has 2 heterocycles. The van der Waals surface area contributed by atoms with Crippen LogP contribution in [0.2, 0.25) is 0 Å². The number of rotatable bonds is 5. The Kier molecular flexibility index (Phi) is 4.03. The van der Waals surface area contributed by atoms with Crippen molar-refractivity contribution < 1.29 is 4.74 Å². The summed E-state index contributed by atoms with van der Waals surface area (Å²) >= 11 is 1.69. The van der Waals surface area contributed by atoms with Crippen molar-refractivity contribution >= 4 is 11.3 Å². The zero-order chi connectivity index (χ0) is 14.7. The maximum absolute atomic E-state index is 5.73. The predicted octanol–water partition coefficient (Wildman–Crippen LogP) is 3.13. The van der Waals surface area contributed by atoms with Gasteiger partial charge in [0.15, 0.2) is 0 Å². The zero-order valence-electron chi connectivity index (χ0n) is 11.8. The van der Waals surface area contributed by atoms with Crippen LogP contribution in [0.1, 0.15) is 11.1 Å². The average Bonchev–Trinajstić information content (AvgIpc) is 3.17. The van der Waals surface area contributed by atoms with Gasteiger partial charge in [0.2, 0.25) is 0 Å². The van der Waals surface area contributed by atoms with Gasteiger partial charge in [-0.3, -0.25) is 0 Å². The van der Waals surface area contributed by atoms with Gasteiger partial charge >= 0.3 is 0 Å². The van der Waals surface area contributed by atoms with E-state index in [1.807, 2.05) is 30.6 Å². The maximum Gasteiger partial charge on any atom is 0.150 e. The van der Waals surface area contributed by atoms with E-state index in [-0.39, 0.29) is 0 Å². The van der Waals surface area contributed by atoms with Gasteiger partial charge in [0.1, 0.15) is 11.6 Å². The summed E-state index contributed by atoms with van der Waals surface area (Å²) < 4.78 is 7.58. The van der Waals surface area contributed by atoms with Crippen molar-refractivity contribution in [2.45, 2.75) is 13.1 Å².